The number of piperazine rings is 1. The predicted molar refractivity (Wildman–Crippen MR) is 93.8 cm³/mol. The topological polar surface area (TPSA) is 74.3 Å². The van der Waals surface area contributed by atoms with Crippen LogP contribution in [0.15, 0.2) is 18.2 Å². The fraction of sp³-hybridized carbons (Fsp3) is 0.611. The molecule has 1 aromatic carbocycles. The molecule has 2 fully saturated rings. The molecule has 0 saturated carbocycles. The van der Waals surface area contributed by atoms with Crippen LogP contribution >= 0.6 is 0 Å². The minimum atomic E-state index is -0.407. The number of hydrogen-bond acceptors (Lipinski definition) is 6. The number of amides is 1. The molecule has 7 nitrogen and oxygen atoms in total. The Bertz CT molecular complexity index is 602. The third kappa shape index (κ3) is 4.23. The molecular formula is C18H27N3O4. The number of aliphatic hydroxyl groups is 1. The summed E-state index contributed by atoms with van der Waals surface area (Å²) in [4.78, 5) is 16.7. The number of hydrogen-bond donors (Lipinski definition) is 2. The van der Waals surface area contributed by atoms with Gasteiger partial charge in [-0.05, 0) is 24.6 Å². The van der Waals surface area contributed by atoms with E-state index in [2.05, 4.69) is 10.2 Å². The Hall–Kier alpha value is -1.83. The number of carbonyl (C=O) groups excluding carboxylic acids is 1. The maximum Gasteiger partial charge on any atom is 0.239 e. The number of carbonyl (C=O) groups is 1. The molecule has 0 spiro atoms. The number of rotatable bonds is 5. The molecule has 2 unspecified atom stereocenters. The number of methoxy groups -OCH3 is 2. The molecule has 0 aromatic heterocycles. The van der Waals surface area contributed by atoms with Crippen molar-refractivity contribution in [2.24, 2.45) is 0 Å². The summed E-state index contributed by atoms with van der Waals surface area (Å²) in [6.45, 7) is 4.33. The second-order valence-electron chi connectivity index (χ2n) is 6.63. The molecule has 2 aliphatic heterocycles. The average molecular weight is 349 g/mol. The minimum absolute atomic E-state index is 0.107. The van der Waals surface area contributed by atoms with Crippen molar-refractivity contribution in [3.05, 3.63) is 23.8 Å². The molecule has 2 aliphatic rings. The fourth-order valence-electron chi connectivity index (χ4n) is 3.50. The Morgan fingerprint density at radius 1 is 1.24 bits per heavy atom. The zero-order valence-corrected chi connectivity index (χ0v) is 14.9. The maximum absolute atomic E-state index is 12.5. The Labute approximate surface area is 148 Å². The molecule has 3 rings (SSSR count). The molecule has 0 aliphatic carbocycles. The monoisotopic (exact) mass is 349 g/mol. The van der Waals surface area contributed by atoms with Gasteiger partial charge in [-0.15, -0.1) is 0 Å². The Morgan fingerprint density at radius 3 is 2.60 bits per heavy atom. The Morgan fingerprint density at radius 2 is 2.00 bits per heavy atom. The molecule has 1 amide bonds. The van der Waals surface area contributed by atoms with Crippen LogP contribution in [-0.4, -0.2) is 79.9 Å². The zero-order valence-electron chi connectivity index (χ0n) is 14.9. The number of nitrogens with one attached hydrogen (secondary N) is 1. The van der Waals surface area contributed by atoms with Crippen molar-refractivity contribution < 1.29 is 19.4 Å². The van der Waals surface area contributed by atoms with E-state index in [4.69, 9.17) is 9.47 Å². The van der Waals surface area contributed by atoms with Crippen LogP contribution in [0.3, 0.4) is 0 Å². The first-order valence-electron chi connectivity index (χ1n) is 8.74. The lowest BCUT2D eigenvalue weighted by atomic mass is 10.1. The van der Waals surface area contributed by atoms with Crippen LogP contribution in [0.2, 0.25) is 0 Å². The van der Waals surface area contributed by atoms with Gasteiger partial charge in [0, 0.05) is 44.8 Å². The van der Waals surface area contributed by atoms with Gasteiger partial charge >= 0.3 is 0 Å². The molecule has 1 aromatic rings. The highest BCUT2D eigenvalue weighted by atomic mass is 16.5. The van der Waals surface area contributed by atoms with Gasteiger partial charge in [-0.25, -0.2) is 0 Å². The van der Waals surface area contributed by atoms with Crippen LogP contribution in [0.5, 0.6) is 11.5 Å². The van der Waals surface area contributed by atoms with Gasteiger partial charge in [-0.3, -0.25) is 9.69 Å². The fourth-order valence-corrected chi connectivity index (χ4v) is 3.50. The van der Waals surface area contributed by atoms with Crippen molar-refractivity contribution in [3.63, 3.8) is 0 Å². The van der Waals surface area contributed by atoms with Crippen molar-refractivity contribution in [2.75, 3.05) is 46.9 Å². The number of benzene rings is 1. The lowest BCUT2D eigenvalue weighted by Crippen LogP contribution is -2.52. The van der Waals surface area contributed by atoms with Gasteiger partial charge in [0.1, 0.15) is 11.5 Å². The van der Waals surface area contributed by atoms with Crippen LogP contribution in [0, 0.1) is 0 Å². The second kappa shape index (κ2) is 8.03. The van der Waals surface area contributed by atoms with Crippen LogP contribution in [0.1, 0.15) is 12.0 Å². The van der Waals surface area contributed by atoms with E-state index in [1.165, 1.54) is 0 Å². The van der Waals surface area contributed by atoms with Gasteiger partial charge in [-0.2, -0.15) is 0 Å². The first-order chi connectivity index (χ1) is 12.1. The number of aliphatic hydroxyl groups excluding tert-OH is 1. The summed E-state index contributed by atoms with van der Waals surface area (Å²) < 4.78 is 10.7. The molecule has 2 saturated heterocycles. The van der Waals surface area contributed by atoms with Gasteiger partial charge in [0.2, 0.25) is 5.91 Å². The molecular weight excluding hydrogens is 322 g/mol. The third-order valence-electron chi connectivity index (χ3n) is 4.97. The average Bonchev–Trinajstić information content (AvgIpc) is 3.08. The summed E-state index contributed by atoms with van der Waals surface area (Å²) in [6, 6.07) is 5.58. The minimum Gasteiger partial charge on any atom is -0.497 e. The summed E-state index contributed by atoms with van der Waals surface area (Å²) in [5.74, 6) is 1.77. The molecule has 2 N–H and O–H groups in total. The predicted octanol–water partition coefficient (Wildman–Crippen LogP) is 0.0708. The van der Waals surface area contributed by atoms with Gasteiger partial charge in [0.15, 0.2) is 0 Å². The first-order valence-corrected chi connectivity index (χ1v) is 8.74. The number of β-amino-alcohol motifs (C(OH)–C–C–N with tert-alkyl or cyclic N) is 1. The highest BCUT2D eigenvalue weighted by Gasteiger charge is 2.32. The SMILES string of the molecule is COc1ccc(OC)c(CN2CCN(C(=O)C3CC(O)CN3)CC2)c1. The van der Waals surface area contributed by atoms with Crippen molar-refractivity contribution in [1.29, 1.82) is 0 Å². The lowest BCUT2D eigenvalue weighted by Gasteiger charge is -2.36. The quantitative estimate of drug-likeness (QED) is 0.784. The van der Waals surface area contributed by atoms with E-state index in [0.717, 1.165) is 36.7 Å². The smallest absolute Gasteiger partial charge is 0.239 e. The molecule has 7 heteroatoms. The molecule has 2 atom stereocenters. The van der Waals surface area contributed by atoms with Crippen LogP contribution in [0.4, 0.5) is 0 Å². The highest BCUT2D eigenvalue weighted by Crippen LogP contribution is 2.25. The van der Waals surface area contributed by atoms with E-state index in [9.17, 15) is 9.90 Å². The summed E-state index contributed by atoms with van der Waals surface area (Å²) in [5, 5.41) is 12.7. The van der Waals surface area contributed by atoms with E-state index in [1.807, 2.05) is 23.1 Å². The molecule has 25 heavy (non-hydrogen) atoms. The van der Waals surface area contributed by atoms with Crippen molar-refractivity contribution >= 4 is 5.91 Å². The van der Waals surface area contributed by atoms with E-state index in [0.29, 0.717) is 26.1 Å². The normalized spacial score (nSPS) is 24.4. The van der Waals surface area contributed by atoms with E-state index >= 15 is 0 Å². The third-order valence-corrected chi connectivity index (χ3v) is 4.97. The van der Waals surface area contributed by atoms with Gasteiger partial charge < -0.3 is 24.8 Å². The summed E-state index contributed by atoms with van der Waals surface area (Å²) >= 11 is 0. The molecule has 0 radical (unpaired) electrons. The Kier molecular flexibility index (Phi) is 5.78. The molecule has 138 valence electrons. The standard InChI is InChI=1S/C18H27N3O4/c1-24-15-3-4-17(25-2)13(9-15)12-20-5-7-21(8-6-20)18(23)16-10-14(22)11-19-16/h3-4,9,14,16,19,22H,5-8,10-12H2,1-2H3. The van der Waals surface area contributed by atoms with Gasteiger partial charge in [0.05, 0.1) is 26.4 Å². The van der Waals surface area contributed by atoms with E-state index in [-0.39, 0.29) is 11.9 Å². The molecule has 2 heterocycles. The van der Waals surface area contributed by atoms with Crippen LogP contribution in [-0.2, 0) is 11.3 Å². The first kappa shape index (κ1) is 18.0. The Balaban J connectivity index is 1.55. The summed E-state index contributed by atoms with van der Waals surface area (Å²) in [6.07, 6.45) is 0.107. The lowest BCUT2D eigenvalue weighted by molar-refractivity contribution is -0.135. The largest absolute Gasteiger partial charge is 0.497 e. The summed E-state index contributed by atoms with van der Waals surface area (Å²) in [7, 11) is 3.33. The van der Waals surface area contributed by atoms with Gasteiger partial charge in [-0.1, -0.05) is 0 Å². The number of nitrogens with zero attached hydrogens (tertiary/aromatic N) is 2. The van der Waals surface area contributed by atoms with Crippen LogP contribution in [0.25, 0.3) is 0 Å². The second-order valence-corrected chi connectivity index (χ2v) is 6.63. The summed E-state index contributed by atoms with van der Waals surface area (Å²) in [5.41, 5.74) is 1.09. The number of ether oxygens (including phenoxy) is 2. The molecule has 0 bridgehead atoms. The van der Waals surface area contributed by atoms with Crippen LogP contribution < -0.4 is 14.8 Å². The highest BCUT2D eigenvalue weighted by molar-refractivity contribution is 5.82. The van der Waals surface area contributed by atoms with Crippen molar-refractivity contribution in [1.82, 2.24) is 15.1 Å². The van der Waals surface area contributed by atoms with Gasteiger partial charge in [0.25, 0.3) is 0 Å². The zero-order chi connectivity index (χ0) is 17.8. The van der Waals surface area contributed by atoms with E-state index < -0.39 is 6.10 Å². The maximum atomic E-state index is 12.5. The van der Waals surface area contributed by atoms with E-state index in [1.54, 1.807) is 14.2 Å². The van der Waals surface area contributed by atoms with Crippen molar-refractivity contribution in [2.45, 2.75) is 25.1 Å². The van der Waals surface area contributed by atoms with Crippen molar-refractivity contribution in [3.8, 4) is 11.5 Å².